The zero-order valence-corrected chi connectivity index (χ0v) is 39.7. The number of likely N-dealkylation sites (N-methyl/N-ethyl adjacent to an activating group) is 1. The SMILES string of the molecule is CCN1C(=CC2=C(NCCCOCC(O)COC(c3ccccc3)(c3ccc(OC)cc3)c3ccc(OC)cc3)C(=CC3=[N+](CC)c4ccccc4C3(C)C)C2=O)C(C)(C)c2ccccc21. The molecule has 5 aromatic carbocycles. The number of carbonyl (C=O) groups excluding carboxylic acids is 1. The van der Waals surface area contributed by atoms with Gasteiger partial charge in [0.2, 0.25) is 5.69 Å². The van der Waals surface area contributed by atoms with Crippen LogP contribution in [0.1, 0.15) is 75.8 Å². The molecule has 3 aliphatic rings. The first-order valence-corrected chi connectivity index (χ1v) is 23.2. The second-order valence-electron chi connectivity index (χ2n) is 18.2. The predicted molar refractivity (Wildman–Crippen MR) is 263 cm³/mol. The lowest BCUT2D eigenvalue weighted by atomic mass is 9.77. The number of para-hydroxylation sites is 2. The van der Waals surface area contributed by atoms with Crippen LogP contribution in [0.3, 0.4) is 0 Å². The highest BCUT2D eigenvalue weighted by atomic mass is 16.5. The monoisotopic (exact) mass is 886 g/mol. The van der Waals surface area contributed by atoms with Gasteiger partial charge < -0.3 is 34.3 Å². The summed E-state index contributed by atoms with van der Waals surface area (Å²) in [5.74, 6) is 1.51. The van der Waals surface area contributed by atoms with E-state index in [1.807, 2.05) is 78.9 Å². The van der Waals surface area contributed by atoms with Crippen molar-refractivity contribution in [2.75, 3.05) is 58.6 Å². The van der Waals surface area contributed by atoms with Gasteiger partial charge in [-0.25, -0.2) is 0 Å². The van der Waals surface area contributed by atoms with Crippen LogP contribution in [-0.4, -0.2) is 81.0 Å². The molecular formula is C57H64N3O6+. The van der Waals surface area contributed by atoms with E-state index in [0.717, 1.165) is 58.4 Å². The van der Waals surface area contributed by atoms with Crippen molar-refractivity contribution in [1.82, 2.24) is 5.32 Å². The summed E-state index contributed by atoms with van der Waals surface area (Å²) in [4.78, 5) is 16.8. The van der Waals surface area contributed by atoms with Gasteiger partial charge in [-0.15, -0.1) is 0 Å². The molecule has 9 nitrogen and oxygen atoms in total. The number of hydrogen-bond acceptors (Lipinski definition) is 8. The molecule has 342 valence electrons. The Balaban J connectivity index is 0.997. The Morgan fingerprint density at radius 2 is 1.32 bits per heavy atom. The predicted octanol–water partition coefficient (Wildman–Crippen LogP) is 9.93. The molecule has 66 heavy (non-hydrogen) atoms. The fraction of sp³-hybridized carbons (Fsp3) is 0.333. The third kappa shape index (κ3) is 8.40. The Bertz CT molecular complexity index is 2630. The molecule has 0 bridgehead atoms. The average molecular weight is 887 g/mol. The molecule has 1 unspecified atom stereocenters. The zero-order chi connectivity index (χ0) is 46.6. The number of rotatable bonds is 19. The van der Waals surface area contributed by atoms with Crippen molar-refractivity contribution < 1.29 is 33.4 Å². The van der Waals surface area contributed by atoms with Gasteiger partial charge in [0.25, 0.3) is 0 Å². The maximum Gasteiger partial charge on any atom is 0.209 e. The smallest absolute Gasteiger partial charge is 0.209 e. The second-order valence-corrected chi connectivity index (χ2v) is 18.2. The summed E-state index contributed by atoms with van der Waals surface area (Å²) in [6.45, 7) is 15.9. The first-order valence-electron chi connectivity index (χ1n) is 23.2. The van der Waals surface area contributed by atoms with Gasteiger partial charge in [0.05, 0.1) is 44.1 Å². The number of aliphatic hydroxyl groups is 1. The number of ether oxygens (including phenoxy) is 4. The van der Waals surface area contributed by atoms with Crippen molar-refractivity contribution >= 4 is 22.9 Å². The summed E-state index contributed by atoms with van der Waals surface area (Å²) < 4.78 is 26.3. The third-order valence-corrected chi connectivity index (χ3v) is 13.6. The summed E-state index contributed by atoms with van der Waals surface area (Å²) in [5, 5.41) is 15.1. The Morgan fingerprint density at radius 1 is 0.727 bits per heavy atom. The number of anilines is 1. The van der Waals surface area contributed by atoms with Gasteiger partial charge in [-0.3, -0.25) is 4.79 Å². The van der Waals surface area contributed by atoms with E-state index < -0.39 is 11.7 Å². The first kappa shape index (κ1) is 46.3. The summed E-state index contributed by atoms with van der Waals surface area (Å²) in [5.41, 5.74) is 10.4. The number of ketones is 1. The number of benzene rings is 5. The molecule has 2 heterocycles. The maximum atomic E-state index is 14.4. The van der Waals surface area contributed by atoms with Crippen molar-refractivity contribution in [3.63, 3.8) is 0 Å². The molecule has 8 rings (SSSR count). The van der Waals surface area contributed by atoms with Crippen LogP contribution < -0.4 is 19.7 Å². The van der Waals surface area contributed by atoms with Gasteiger partial charge in [0.1, 0.15) is 29.7 Å². The van der Waals surface area contributed by atoms with Crippen molar-refractivity contribution in [3.05, 3.63) is 190 Å². The fourth-order valence-electron chi connectivity index (χ4n) is 10.0. The van der Waals surface area contributed by atoms with E-state index in [1.54, 1.807) is 14.2 Å². The lowest BCUT2D eigenvalue weighted by Gasteiger charge is -2.36. The normalized spacial score (nSPS) is 17.8. The standard InChI is InChI=1S/C57H63N3O6/c1-9-59-49-23-16-14-21-47(49)55(3,4)51(59)35-45-53(46(54(45)62)36-52-56(5,6)48-22-15-17-24-50(48)60(52)10-2)58-33-18-34-65-37-42(61)38-66-57(39-19-12-11-13-20-39,40-25-29-43(63-7)30-26-40)41-27-31-44(64-8)32-28-41/h11-17,19-32,35-36,42,61H,9-10,18,33-34,37-38H2,1-8H3/p+1. The molecule has 1 atom stereocenters. The van der Waals surface area contributed by atoms with Gasteiger partial charge in [-0.2, -0.15) is 4.58 Å². The van der Waals surface area contributed by atoms with Crippen molar-refractivity contribution in [1.29, 1.82) is 0 Å². The van der Waals surface area contributed by atoms with Gasteiger partial charge in [0, 0.05) is 59.8 Å². The van der Waals surface area contributed by atoms with Gasteiger partial charge in [-0.1, -0.05) is 105 Å². The average Bonchev–Trinajstić information content (AvgIpc) is 3.71. The Labute approximate surface area is 390 Å². The highest BCUT2D eigenvalue weighted by molar-refractivity contribution is 6.24. The molecule has 0 saturated carbocycles. The Kier molecular flexibility index (Phi) is 13.5. The van der Waals surface area contributed by atoms with E-state index in [2.05, 4.69) is 117 Å². The fourth-order valence-corrected chi connectivity index (χ4v) is 10.0. The number of aliphatic hydroxyl groups excluding tert-OH is 1. The van der Waals surface area contributed by atoms with Crippen LogP contribution in [0.15, 0.2) is 162 Å². The second kappa shape index (κ2) is 19.3. The molecule has 9 heteroatoms. The molecule has 5 aromatic rings. The van der Waals surface area contributed by atoms with Gasteiger partial charge >= 0.3 is 0 Å². The lowest BCUT2D eigenvalue weighted by Crippen LogP contribution is -2.37. The van der Waals surface area contributed by atoms with Crippen LogP contribution >= 0.6 is 0 Å². The molecule has 1 aliphatic carbocycles. The van der Waals surface area contributed by atoms with E-state index in [0.29, 0.717) is 30.7 Å². The Morgan fingerprint density at radius 3 is 1.94 bits per heavy atom. The number of carbonyl (C=O) groups is 1. The quantitative estimate of drug-likeness (QED) is 0.0367. The van der Waals surface area contributed by atoms with Crippen molar-refractivity contribution in [3.8, 4) is 11.5 Å². The molecule has 2 aliphatic heterocycles. The molecule has 0 amide bonds. The number of allylic oxidation sites excluding steroid dienone is 5. The van der Waals surface area contributed by atoms with Crippen molar-refractivity contribution in [2.45, 2.75) is 70.5 Å². The molecule has 0 saturated heterocycles. The topological polar surface area (TPSA) is 92.5 Å². The maximum absolute atomic E-state index is 14.4. The molecule has 0 spiro atoms. The number of methoxy groups -OCH3 is 2. The largest absolute Gasteiger partial charge is 0.497 e. The molecule has 0 aromatic heterocycles. The number of hydrogen-bond donors (Lipinski definition) is 2. The summed E-state index contributed by atoms with van der Waals surface area (Å²) in [7, 11) is 3.29. The van der Waals surface area contributed by atoms with Crippen LogP contribution in [0, 0.1) is 0 Å². The summed E-state index contributed by atoms with van der Waals surface area (Å²) in [6.07, 6.45) is 3.97. The van der Waals surface area contributed by atoms with E-state index in [1.165, 1.54) is 22.5 Å². The zero-order valence-electron chi connectivity index (χ0n) is 39.7. The van der Waals surface area contributed by atoms with E-state index >= 15 is 0 Å². The van der Waals surface area contributed by atoms with Crippen LogP contribution in [-0.2, 0) is 30.7 Å². The molecule has 0 fully saturated rings. The number of nitrogens with zero attached hydrogens (tertiary/aromatic N) is 2. The highest BCUT2D eigenvalue weighted by Gasteiger charge is 2.47. The highest BCUT2D eigenvalue weighted by Crippen LogP contribution is 2.49. The summed E-state index contributed by atoms with van der Waals surface area (Å²) in [6, 6.07) is 42.8. The minimum Gasteiger partial charge on any atom is -0.497 e. The third-order valence-electron chi connectivity index (χ3n) is 13.6. The van der Waals surface area contributed by atoms with E-state index in [4.69, 9.17) is 18.9 Å². The number of fused-ring (bicyclic) bond motifs is 2. The van der Waals surface area contributed by atoms with Crippen LogP contribution in [0.4, 0.5) is 11.4 Å². The number of nitrogens with one attached hydrogen (secondary N) is 1. The Hall–Kier alpha value is -6.26. The first-order chi connectivity index (χ1) is 31.9. The molecule has 0 radical (unpaired) electrons. The minimum absolute atomic E-state index is 0.00913. The van der Waals surface area contributed by atoms with Gasteiger partial charge in [0.15, 0.2) is 11.5 Å². The van der Waals surface area contributed by atoms with Crippen LogP contribution in [0.2, 0.25) is 0 Å². The van der Waals surface area contributed by atoms with E-state index in [-0.39, 0.29) is 29.8 Å². The lowest BCUT2D eigenvalue weighted by molar-refractivity contribution is -0.433. The number of Topliss-reactive ketones (excluding diaryl/α,β-unsaturated/α-hetero) is 1. The van der Waals surface area contributed by atoms with Crippen molar-refractivity contribution in [2.24, 2.45) is 0 Å². The van der Waals surface area contributed by atoms with Crippen LogP contribution in [0.5, 0.6) is 11.5 Å². The van der Waals surface area contributed by atoms with E-state index in [9.17, 15) is 9.90 Å². The van der Waals surface area contributed by atoms with Crippen LogP contribution in [0.25, 0.3) is 0 Å². The molecular weight excluding hydrogens is 823 g/mol. The summed E-state index contributed by atoms with van der Waals surface area (Å²) >= 11 is 0. The van der Waals surface area contributed by atoms with Gasteiger partial charge in [-0.05, 0) is 92.8 Å². The molecule has 2 N–H and O–H groups in total. The minimum atomic E-state index is -1.05.